The average molecular weight is 300 g/mol. The van der Waals surface area contributed by atoms with Crippen LogP contribution >= 0.6 is 11.3 Å². The second-order valence-electron chi connectivity index (χ2n) is 6.16. The summed E-state index contributed by atoms with van der Waals surface area (Å²) < 4.78 is 0. The molecule has 112 valence electrons. The summed E-state index contributed by atoms with van der Waals surface area (Å²) in [5.74, 6) is 0. The van der Waals surface area contributed by atoms with E-state index in [1.165, 1.54) is 28.8 Å². The van der Waals surface area contributed by atoms with E-state index in [1.807, 2.05) is 11.3 Å². The van der Waals surface area contributed by atoms with Gasteiger partial charge in [-0.25, -0.2) is 0 Å². The summed E-state index contributed by atoms with van der Waals surface area (Å²) in [7, 11) is 0. The summed E-state index contributed by atoms with van der Waals surface area (Å²) in [6.45, 7) is 5.34. The van der Waals surface area contributed by atoms with Crippen LogP contribution in [0.25, 0.3) is 0 Å². The summed E-state index contributed by atoms with van der Waals surface area (Å²) in [6, 6.07) is 14.1. The van der Waals surface area contributed by atoms with Crippen molar-refractivity contribution in [3.05, 3.63) is 57.8 Å². The molecule has 3 rings (SSSR count). The molecule has 2 N–H and O–H groups in total. The molecule has 21 heavy (non-hydrogen) atoms. The summed E-state index contributed by atoms with van der Waals surface area (Å²) in [5, 5.41) is 2.19. The van der Waals surface area contributed by atoms with Crippen LogP contribution in [0, 0.1) is 6.92 Å². The molecular formula is C18H24N2S. The average Bonchev–Trinajstić information content (AvgIpc) is 3.23. The molecule has 0 amide bonds. The fraction of sp³-hybridized carbons (Fsp3) is 0.444. The molecule has 2 aromatic rings. The fourth-order valence-electron chi connectivity index (χ4n) is 3.03. The van der Waals surface area contributed by atoms with E-state index in [4.69, 9.17) is 5.73 Å². The predicted molar refractivity (Wildman–Crippen MR) is 90.5 cm³/mol. The minimum atomic E-state index is 0.145. The molecule has 0 saturated heterocycles. The summed E-state index contributed by atoms with van der Waals surface area (Å²) in [4.78, 5) is 4.06. The summed E-state index contributed by atoms with van der Waals surface area (Å²) >= 11 is 1.85. The van der Waals surface area contributed by atoms with Gasteiger partial charge in [0.25, 0.3) is 0 Å². The first-order chi connectivity index (χ1) is 10.2. The minimum Gasteiger partial charge on any atom is -0.326 e. The Labute approximate surface area is 131 Å². The zero-order chi connectivity index (χ0) is 14.8. The normalized spacial score (nSPS) is 17.9. The first-order valence-electron chi connectivity index (χ1n) is 7.76. The Hall–Kier alpha value is -1.16. The smallest absolute Gasteiger partial charge is 0.0598 e. The van der Waals surface area contributed by atoms with Crippen molar-refractivity contribution in [3.8, 4) is 0 Å². The van der Waals surface area contributed by atoms with Crippen LogP contribution in [0.5, 0.6) is 0 Å². The molecule has 1 saturated carbocycles. The van der Waals surface area contributed by atoms with E-state index < -0.39 is 0 Å². The van der Waals surface area contributed by atoms with Gasteiger partial charge in [-0.1, -0.05) is 30.3 Å². The van der Waals surface area contributed by atoms with Crippen molar-refractivity contribution in [1.29, 1.82) is 0 Å². The number of aryl methyl sites for hydroxylation is 1. The number of rotatable bonds is 6. The number of hydrogen-bond donors (Lipinski definition) is 1. The standard InChI is InChI=1S/C18H24N2S/c1-13-10-11-21-18(13)17(14(2)19)20(16-8-9-16)12-15-6-4-3-5-7-15/h3-7,10-11,14,16-17H,8-9,12,19H2,1-2H3. The molecule has 0 spiro atoms. The van der Waals surface area contributed by atoms with Crippen LogP contribution in [0.4, 0.5) is 0 Å². The van der Waals surface area contributed by atoms with Crippen molar-refractivity contribution in [2.75, 3.05) is 0 Å². The highest BCUT2D eigenvalue weighted by atomic mass is 32.1. The molecule has 0 aliphatic heterocycles. The van der Waals surface area contributed by atoms with E-state index in [-0.39, 0.29) is 6.04 Å². The van der Waals surface area contributed by atoms with Crippen molar-refractivity contribution in [2.24, 2.45) is 5.73 Å². The number of hydrogen-bond acceptors (Lipinski definition) is 3. The number of nitrogens with two attached hydrogens (primary N) is 1. The van der Waals surface area contributed by atoms with Gasteiger partial charge in [0.2, 0.25) is 0 Å². The van der Waals surface area contributed by atoms with Crippen LogP contribution in [0.3, 0.4) is 0 Å². The first-order valence-corrected chi connectivity index (χ1v) is 8.64. The van der Waals surface area contributed by atoms with Gasteiger partial charge in [-0.3, -0.25) is 4.90 Å². The minimum absolute atomic E-state index is 0.145. The Morgan fingerprint density at radius 3 is 2.48 bits per heavy atom. The van der Waals surface area contributed by atoms with E-state index in [9.17, 15) is 0 Å². The molecule has 2 atom stereocenters. The Morgan fingerprint density at radius 2 is 1.95 bits per heavy atom. The van der Waals surface area contributed by atoms with Crippen molar-refractivity contribution in [3.63, 3.8) is 0 Å². The van der Waals surface area contributed by atoms with Crippen molar-refractivity contribution < 1.29 is 0 Å². The number of nitrogens with zero attached hydrogens (tertiary/aromatic N) is 1. The highest BCUT2D eigenvalue weighted by Crippen LogP contribution is 2.39. The molecule has 1 aromatic carbocycles. The third-order valence-electron chi connectivity index (χ3n) is 4.25. The Morgan fingerprint density at radius 1 is 1.24 bits per heavy atom. The lowest BCUT2D eigenvalue weighted by Gasteiger charge is -2.34. The Kier molecular flexibility index (Phi) is 4.43. The fourth-order valence-corrected chi connectivity index (χ4v) is 4.20. The quantitative estimate of drug-likeness (QED) is 0.870. The zero-order valence-electron chi connectivity index (χ0n) is 12.8. The van der Waals surface area contributed by atoms with E-state index in [0.29, 0.717) is 12.1 Å². The molecule has 0 bridgehead atoms. The third kappa shape index (κ3) is 3.37. The van der Waals surface area contributed by atoms with Crippen LogP contribution < -0.4 is 5.73 Å². The van der Waals surface area contributed by atoms with Gasteiger partial charge in [0.1, 0.15) is 0 Å². The van der Waals surface area contributed by atoms with Gasteiger partial charge in [-0.15, -0.1) is 11.3 Å². The van der Waals surface area contributed by atoms with Crippen LogP contribution in [0.15, 0.2) is 41.8 Å². The third-order valence-corrected chi connectivity index (χ3v) is 5.34. The van der Waals surface area contributed by atoms with Gasteiger partial charge in [0, 0.05) is 23.5 Å². The van der Waals surface area contributed by atoms with Gasteiger partial charge < -0.3 is 5.73 Å². The molecule has 1 heterocycles. The molecule has 0 radical (unpaired) electrons. The summed E-state index contributed by atoms with van der Waals surface area (Å²) in [6.07, 6.45) is 2.61. The van der Waals surface area contributed by atoms with E-state index in [0.717, 1.165) is 6.54 Å². The van der Waals surface area contributed by atoms with Gasteiger partial charge in [-0.05, 0) is 49.3 Å². The highest BCUT2D eigenvalue weighted by Gasteiger charge is 2.37. The van der Waals surface area contributed by atoms with E-state index in [2.05, 4.69) is 60.5 Å². The molecule has 2 nitrogen and oxygen atoms in total. The lowest BCUT2D eigenvalue weighted by molar-refractivity contribution is 0.160. The number of thiophene rings is 1. The number of benzene rings is 1. The molecule has 1 aliphatic rings. The lowest BCUT2D eigenvalue weighted by atomic mass is 10.0. The van der Waals surface area contributed by atoms with Gasteiger partial charge in [-0.2, -0.15) is 0 Å². The van der Waals surface area contributed by atoms with E-state index in [1.54, 1.807) is 0 Å². The van der Waals surface area contributed by atoms with Crippen LogP contribution in [0.2, 0.25) is 0 Å². The highest BCUT2D eigenvalue weighted by molar-refractivity contribution is 7.10. The SMILES string of the molecule is Cc1ccsc1C(C(C)N)N(Cc1ccccc1)C1CC1. The maximum atomic E-state index is 6.38. The largest absolute Gasteiger partial charge is 0.326 e. The summed E-state index contributed by atoms with van der Waals surface area (Å²) in [5.41, 5.74) is 9.14. The monoisotopic (exact) mass is 300 g/mol. The molecule has 2 unspecified atom stereocenters. The Bertz CT molecular complexity index is 572. The first kappa shape index (κ1) is 14.8. The van der Waals surface area contributed by atoms with Gasteiger partial charge in [0.15, 0.2) is 0 Å². The van der Waals surface area contributed by atoms with Crippen molar-refractivity contribution >= 4 is 11.3 Å². The molecule has 1 aromatic heterocycles. The molecule has 3 heteroatoms. The van der Waals surface area contributed by atoms with Crippen LogP contribution in [-0.4, -0.2) is 17.0 Å². The van der Waals surface area contributed by atoms with Crippen LogP contribution in [0.1, 0.15) is 41.8 Å². The van der Waals surface area contributed by atoms with Gasteiger partial charge in [0.05, 0.1) is 6.04 Å². The van der Waals surface area contributed by atoms with Crippen LogP contribution in [-0.2, 0) is 6.54 Å². The molecule has 1 fully saturated rings. The van der Waals surface area contributed by atoms with Gasteiger partial charge >= 0.3 is 0 Å². The lowest BCUT2D eigenvalue weighted by Crippen LogP contribution is -2.40. The molecule has 1 aliphatic carbocycles. The molecular weight excluding hydrogens is 276 g/mol. The van der Waals surface area contributed by atoms with Crippen molar-refractivity contribution in [1.82, 2.24) is 4.90 Å². The second-order valence-corrected chi connectivity index (χ2v) is 7.11. The van der Waals surface area contributed by atoms with E-state index >= 15 is 0 Å². The Balaban J connectivity index is 1.89. The maximum Gasteiger partial charge on any atom is 0.0598 e. The second kappa shape index (κ2) is 6.30. The predicted octanol–water partition coefficient (Wildman–Crippen LogP) is 4.11. The van der Waals surface area contributed by atoms with Crippen molar-refractivity contribution in [2.45, 2.75) is 51.4 Å². The zero-order valence-corrected chi connectivity index (χ0v) is 13.6. The maximum absolute atomic E-state index is 6.38. The topological polar surface area (TPSA) is 29.3 Å².